The molecule has 10 fully saturated rings. The summed E-state index contributed by atoms with van der Waals surface area (Å²) in [7, 11) is 0. The van der Waals surface area contributed by atoms with Gasteiger partial charge >= 0.3 is 72.6 Å². The Morgan fingerprint density at radius 1 is 0.406 bits per heavy atom. The standard InChI is InChI=1S/C26H29ClF3NO3.C26H31ClF3NO2.C20H24F3NO3.C13H16F3NO.C7H10O3.C6H4Cl.2C4H8O.Al.BrH.Li.Mg.4H/c27-22-7-3-20(4-8-22)25(33)13-11-19(12-14-25)24(32)31-15-1-2-18(16-31)17-34-23-9-5-21(6-10-23)26(28,29)30;27-23-7-3-21(4-8-23)25(32)13-11-19(12-14-25)16-31-15-1-2-20(17-31)18-33-24-9-5-22(6-10-24)26(28,29)30;21-20(22,23)16-5-9-18(10-6-16)27-13-14-2-1-11-24(12-14)19(26)15-3-7-17(25)8-4-15;14-13(15,16)11-3-5-12(6-4-11)18-9-10-2-1-7-17-8-10;8-6-3-1-5(2-4-6)7(9)10;7-6-4-2-1-3-5-6;2*1-2-4-5-3-1;;;;;;;;/h3-10,18-19,33H,1-2,11-17H2;3-10,19-20,32H,1-2,11-18H2;5-6,9-10,14-15H,1-4,7-8,11-13H2;3-6,10,17H,1-2,7-9H2;5H,1-4H2,(H,9,10);2-5H;2*1-4H2;;1H;;;;;;/q;;;;;-1;;;;;+1;+2;;;;-1/p-1. The van der Waals surface area contributed by atoms with Gasteiger partial charge in [-0.3, -0.25) is 24.0 Å². The summed E-state index contributed by atoms with van der Waals surface area (Å²) in [4.78, 5) is 64.4. The van der Waals surface area contributed by atoms with Crippen LogP contribution in [0.3, 0.4) is 0 Å². The number of hydrogen-bond donors (Lipinski definition) is 4. The van der Waals surface area contributed by atoms with Crippen molar-refractivity contribution >= 4 is 105 Å². The number of nitrogens with zero attached hydrogens (tertiary/aromatic N) is 3. The summed E-state index contributed by atoms with van der Waals surface area (Å²) in [6, 6.07) is 43.9. The number of likely N-dealkylation sites (tertiary alicyclic amines) is 3. The number of Topliss-reactive ketones (excluding diaryl/α,β-unsaturated/α-hetero) is 2. The van der Waals surface area contributed by atoms with E-state index in [-0.39, 0.29) is 131 Å². The smallest absolute Gasteiger partial charge is 1.00 e. The molecule has 0 bridgehead atoms. The molecule has 0 aromatic heterocycles. The maximum Gasteiger partial charge on any atom is 2.00 e. The molecule has 143 heavy (non-hydrogen) atoms. The number of halogens is 16. The predicted octanol–water partition coefficient (Wildman–Crippen LogP) is 16.9. The summed E-state index contributed by atoms with van der Waals surface area (Å²) >= 11 is 17.5. The third-order valence-corrected chi connectivity index (χ3v) is 27.6. The number of ketones is 2. The number of carbonyl (C=O) groups excluding carboxylic acids is 4. The van der Waals surface area contributed by atoms with Crippen molar-refractivity contribution < 1.29 is 158 Å². The van der Waals surface area contributed by atoms with Gasteiger partial charge in [-0.25, -0.2) is 0 Å². The van der Waals surface area contributed by atoms with Gasteiger partial charge in [0.2, 0.25) is 11.8 Å². The normalized spacial score (nSPS) is 22.6. The molecule has 18 nitrogen and oxygen atoms in total. The van der Waals surface area contributed by atoms with Gasteiger partial charge in [0.25, 0.3) is 0 Å². The van der Waals surface area contributed by atoms with Crippen molar-refractivity contribution in [3.63, 3.8) is 0 Å². The average molecular weight is 2160 g/mol. The molecule has 4 aliphatic carbocycles. The number of nitrogens with one attached hydrogen (secondary N) is 1. The van der Waals surface area contributed by atoms with Crippen LogP contribution in [-0.2, 0) is 69.4 Å². The van der Waals surface area contributed by atoms with Crippen LogP contribution in [0.4, 0.5) is 52.7 Å². The van der Waals surface area contributed by atoms with E-state index < -0.39 is 64.1 Å². The minimum absolute atomic E-state index is 0. The van der Waals surface area contributed by atoms with Crippen molar-refractivity contribution in [2.45, 2.75) is 216 Å². The van der Waals surface area contributed by atoms with Gasteiger partial charge in [0.05, 0.1) is 65.8 Å². The number of piperidine rings is 4. The van der Waals surface area contributed by atoms with Crippen molar-refractivity contribution in [3.8, 4) is 23.0 Å². The van der Waals surface area contributed by atoms with E-state index in [1.54, 1.807) is 36.4 Å². The number of aliphatic hydroxyl groups is 2. The molecule has 6 saturated heterocycles. The molecule has 0 radical (unpaired) electrons. The van der Waals surface area contributed by atoms with Crippen molar-refractivity contribution in [3.05, 3.63) is 224 Å². The first-order valence-electron chi connectivity index (χ1n) is 48.5. The summed E-state index contributed by atoms with van der Waals surface area (Å²) in [5.41, 5.74) is -2.61. The van der Waals surface area contributed by atoms with Crippen LogP contribution < -0.4 is 60.1 Å². The van der Waals surface area contributed by atoms with Gasteiger partial charge in [-0.2, -0.15) is 83.0 Å². The molecule has 4 atom stereocenters. The number of alkyl halides is 12. The number of carbonyl (C=O) groups is 5. The van der Waals surface area contributed by atoms with Crippen LogP contribution in [-0.4, -0.2) is 212 Å². The molecule has 0 spiro atoms. The monoisotopic (exact) mass is 2160 g/mol. The van der Waals surface area contributed by atoms with Gasteiger partial charge in [0.1, 0.15) is 34.6 Å². The fourth-order valence-corrected chi connectivity index (χ4v) is 18.9. The largest absolute Gasteiger partial charge is 2.00 e. The second-order valence-electron chi connectivity index (χ2n) is 37.5. The van der Waals surface area contributed by atoms with E-state index in [9.17, 15) is 86.9 Å². The molecule has 7 aromatic carbocycles. The molecule has 4 N–H and O–H groups in total. The topological polar surface area (TPSA) is 223 Å². The van der Waals surface area contributed by atoms with Crippen molar-refractivity contribution in [1.82, 2.24) is 20.0 Å². The zero-order valence-electron chi connectivity index (χ0n) is 81.5. The van der Waals surface area contributed by atoms with Crippen LogP contribution >= 0.6 is 34.8 Å². The van der Waals surface area contributed by atoms with Crippen LogP contribution in [0.5, 0.6) is 23.0 Å². The number of hydrogen-bond acceptors (Lipinski definition) is 15. The van der Waals surface area contributed by atoms with E-state index in [0.29, 0.717) is 174 Å². The van der Waals surface area contributed by atoms with E-state index in [1.165, 1.54) is 74.2 Å². The summed E-state index contributed by atoms with van der Waals surface area (Å²) in [6.45, 7) is 13.4. The second kappa shape index (κ2) is 63.0. The van der Waals surface area contributed by atoms with E-state index in [2.05, 4.69) is 16.3 Å². The fraction of sp³-hybridized carbons (Fsp3) is 0.557. The van der Waals surface area contributed by atoms with Crippen LogP contribution in [0.25, 0.3) is 0 Å². The van der Waals surface area contributed by atoms with Gasteiger partial charge in [0.15, 0.2) is 17.4 Å². The SMILES string of the molecule is C1CCOC1.C1CCOC1.Clc1cc[c-]cc1.FC(F)(F)c1ccc(OCC2CCCNC2)cc1.O=C(C1CCC(O)(c2ccc(Cl)cc2)CC1)N1CCCC(COc2ccc(C(F)(F)F)cc2)C1.O=C1CCC(C(=O)N2CCCC(COc3ccc(C(F)(F)F)cc3)C2)CC1.O=C1CCC(C(=O)O)CC1.OC1(c2ccc(Cl)cc2)CCC(CN2CCCC(COc3ccc(C(F)(F)F)cc3)C2)CC1.[AlH3].[Br-].[H-].[Li+].[Mg+2]. The van der Waals surface area contributed by atoms with E-state index in [0.717, 1.165) is 207 Å². The number of carboxylic acids is 1. The molecule has 6 heterocycles. The minimum Gasteiger partial charge on any atom is -1.00 e. The van der Waals surface area contributed by atoms with Crippen LogP contribution in [0, 0.1) is 53.4 Å². The Kier molecular flexibility index (Phi) is 55.2. The summed E-state index contributed by atoms with van der Waals surface area (Å²) in [6.07, 6.45) is 5.80. The average Bonchev–Trinajstić information content (AvgIpc) is 1.13. The molecule has 6 aliphatic heterocycles. The molecular weight excluding hydrogens is 2030 g/mol. The number of aliphatic carboxylic acids is 1. The Morgan fingerprint density at radius 2 is 0.713 bits per heavy atom. The van der Waals surface area contributed by atoms with E-state index in [1.807, 2.05) is 46.2 Å². The molecule has 10 aliphatic rings. The predicted molar refractivity (Wildman–Crippen MR) is 525 cm³/mol. The van der Waals surface area contributed by atoms with Crippen LogP contribution in [0.15, 0.2) is 170 Å². The number of rotatable bonds is 19. The molecule has 7 aromatic rings. The van der Waals surface area contributed by atoms with Gasteiger partial charge < -0.3 is 82.2 Å². The number of carboxylic acid groups (broad SMARTS) is 1. The Balaban J connectivity index is 0.000000310. The molecule has 4 unspecified atom stereocenters. The first kappa shape index (κ1) is 125. The van der Waals surface area contributed by atoms with E-state index in [4.69, 9.17) is 68.3 Å². The van der Waals surface area contributed by atoms with Gasteiger partial charge in [-0.05, 0) is 306 Å². The molecule has 4 saturated carbocycles. The van der Waals surface area contributed by atoms with Crippen LogP contribution in [0.1, 0.15) is 215 Å². The minimum atomic E-state index is -4.37. The van der Waals surface area contributed by atoms with Gasteiger partial charge in [-0.15, -0.1) is 11.6 Å². The summed E-state index contributed by atoms with van der Waals surface area (Å²) in [5.74, 6) is 2.94. The van der Waals surface area contributed by atoms with Gasteiger partial charge in [0, 0.05) is 143 Å². The maximum atomic E-state index is 13.2. The Hall–Kier alpha value is -6.34. The molecular formula is C106H134AlBrCl3F12LiMgN4O14. The van der Waals surface area contributed by atoms with Crippen molar-refractivity contribution in [1.29, 1.82) is 0 Å². The van der Waals surface area contributed by atoms with Crippen molar-refractivity contribution in [2.75, 3.05) is 112 Å². The first-order chi connectivity index (χ1) is 66.3. The first-order valence-corrected chi connectivity index (χ1v) is 49.7. The Bertz CT molecular complexity index is 4790. The van der Waals surface area contributed by atoms with Crippen molar-refractivity contribution in [2.24, 2.45) is 47.3 Å². The quantitative estimate of drug-likeness (QED) is 0.0336. The summed E-state index contributed by atoms with van der Waals surface area (Å²) < 4.78 is 184. The fourth-order valence-electron chi connectivity index (χ4n) is 18.6. The number of amides is 2. The molecule has 17 rings (SSSR count). The third kappa shape index (κ3) is 44.4. The zero-order chi connectivity index (χ0) is 100. The van der Waals surface area contributed by atoms with E-state index >= 15 is 0 Å². The molecule has 2 amide bonds. The molecule has 780 valence electrons. The number of ether oxygens (including phenoxy) is 6. The van der Waals surface area contributed by atoms with Crippen LogP contribution in [0.2, 0.25) is 15.1 Å². The maximum absolute atomic E-state index is 13.2. The number of benzene rings is 7. The third-order valence-electron chi connectivity index (χ3n) is 26.8. The zero-order valence-corrected chi connectivity index (χ0v) is 85.8. The Labute approximate surface area is 897 Å². The molecule has 37 heteroatoms. The Morgan fingerprint density at radius 3 is 1.02 bits per heavy atom. The second-order valence-corrected chi connectivity index (χ2v) is 38.8. The summed E-state index contributed by atoms with van der Waals surface area (Å²) in [5, 5.41) is 36.0. The van der Waals surface area contributed by atoms with Gasteiger partial charge in [-0.1, -0.05) is 52.5 Å².